The first-order valence-electron chi connectivity index (χ1n) is 5.16. The van der Waals surface area contributed by atoms with Crippen LogP contribution < -0.4 is 4.74 Å². The Balaban J connectivity index is 3.57. The molecule has 0 spiro atoms. The Labute approximate surface area is 91.9 Å². The number of benzene rings is 1. The number of aliphatic hydroxyl groups is 1. The van der Waals surface area contributed by atoms with Crippen LogP contribution in [0.25, 0.3) is 0 Å². The highest BCUT2D eigenvalue weighted by Crippen LogP contribution is 2.36. The third-order valence-electron chi connectivity index (χ3n) is 2.80. The van der Waals surface area contributed by atoms with Crippen LogP contribution in [0.15, 0.2) is 6.07 Å². The van der Waals surface area contributed by atoms with Crippen molar-refractivity contribution in [2.24, 2.45) is 0 Å². The van der Waals surface area contributed by atoms with Gasteiger partial charge >= 0.3 is 0 Å². The van der Waals surface area contributed by atoms with Crippen molar-refractivity contribution in [2.75, 3.05) is 7.11 Å². The Kier molecular flexibility index (Phi) is 3.10. The maximum Gasteiger partial charge on any atom is 0.128 e. The fraction of sp³-hybridized carbons (Fsp3) is 0.538. The second-order valence-corrected chi connectivity index (χ2v) is 4.60. The molecule has 0 atom stereocenters. The van der Waals surface area contributed by atoms with E-state index in [0.717, 1.165) is 22.4 Å². The monoisotopic (exact) mass is 208 g/mol. The molecule has 0 saturated heterocycles. The van der Waals surface area contributed by atoms with Crippen molar-refractivity contribution >= 4 is 0 Å². The van der Waals surface area contributed by atoms with Crippen molar-refractivity contribution in [3.63, 3.8) is 0 Å². The molecule has 15 heavy (non-hydrogen) atoms. The molecule has 0 fully saturated rings. The first-order valence-corrected chi connectivity index (χ1v) is 5.16. The van der Waals surface area contributed by atoms with E-state index in [1.54, 1.807) is 21.0 Å². The van der Waals surface area contributed by atoms with E-state index < -0.39 is 5.60 Å². The van der Waals surface area contributed by atoms with Crippen LogP contribution in [0.4, 0.5) is 0 Å². The molecule has 0 aliphatic carbocycles. The maximum absolute atomic E-state index is 10.1. The number of hydrogen-bond donors (Lipinski definition) is 1. The molecule has 1 aromatic carbocycles. The first-order chi connectivity index (χ1) is 6.79. The van der Waals surface area contributed by atoms with E-state index in [0.29, 0.717) is 0 Å². The summed E-state index contributed by atoms with van der Waals surface area (Å²) in [6.45, 7) is 9.64. The summed E-state index contributed by atoms with van der Waals surface area (Å²) in [4.78, 5) is 0. The summed E-state index contributed by atoms with van der Waals surface area (Å²) in [6.07, 6.45) is 0. The van der Waals surface area contributed by atoms with Crippen LogP contribution in [0.1, 0.15) is 36.1 Å². The SMILES string of the molecule is COc1c(C)c(C)cc(C)c1C(C)(C)O. The van der Waals surface area contributed by atoms with Crippen LogP contribution >= 0.6 is 0 Å². The lowest BCUT2D eigenvalue weighted by Crippen LogP contribution is -2.19. The lowest BCUT2D eigenvalue weighted by Gasteiger charge is -2.25. The van der Waals surface area contributed by atoms with E-state index in [4.69, 9.17) is 4.74 Å². The summed E-state index contributed by atoms with van der Waals surface area (Å²) in [6, 6.07) is 2.09. The zero-order chi connectivity index (χ0) is 11.8. The molecule has 0 amide bonds. The number of ether oxygens (including phenoxy) is 1. The second-order valence-electron chi connectivity index (χ2n) is 4.60. The number of aryl methyl sites for hydroxylation is 2. The third-order valence-corrected chi connectivity index (χ3v) is 2.80. The minimum atomic E-state index is -0.867. The number of methoxy groups -OCH3 is 1. The average Bonchev–Trinajstić information content (AvgIpc) is 2.08. The fourth-order valence-electron chi connectivity index (χ4n) is 2.07. The summed E-state index contributed by atoms with van der Waals surface area (Å²) in [5.41, 5.74) is 3.38. The zero-order valence-corrected chi connectivity index (χ0v) is 10.4. The molecule has 1 N–H and O–H groups in total. The number of rotatable bonds is 2. The summed E-state index contributed by atoms with van der Waals surface area (Å²) >= 11 is 0. The van der Waals surface area contributed by atoms with Crippen LogP contribution in [0.2, 0.25) is 0 Å². The second kappa shape index (κ2) is 3.86. The van der Waals surface area contributed by atoms with Crippen LogP contribution in [0.5, 0.6) is 5.75 Å². The summed E-state index contributed by atoms with van der Waals surface area (Å²) < 4.78 is 5.40. The van der Waals surface area contributed by atoms with Gasteiger partial charge in [0.2, 0.25) is 0 Å². The van der Waals surface area contributed by atoms with Gasteiger partial charge in [-0.25, -0.2) is 0 Å². The lowest BCUT2D eigenvalue weighted by molar-refractivity contribution is 0.0748. The normalized spacial score (nSPS) is 11.7. The molecule has 0 unspecified atom stereocenters. The molecule has 2 heteroatoms. The highest BCUT2D eigenvalue weighted by Gasteiger charge is 2.25. The van der Waals surface area contributed by atoms with Crippen LogP contribution in [0, 0.1) is 20.8 Å². The van der Waals surface area contributed by atoms with Crippen molar-refractivity contribution in [1.29, 1.82) is 0 Å². The predicted octanol–water partition coefficient (Wildman–Crippen LogP) is 2.85. The molecule has 0 bridgehead atoms. The van der Waals surface area contributed by atoms with E-state index >= 15 is 0 Å². The molecule has 1 aromatic rings. The Morgan fingerprint density at radius 2 is 1.67 bits per heavy atom. The Morgan fingerprint density at radius 1 is 1.13 bits per heavy atom. The van der Waals surface area contributed by atoms with Crippen LogP contribution in [0.3, 0.4) is 0 Å². The van der Waals surface area contributed by atoms with Gasteiger partial charge in [0, 0.05) is 5.56 Å². The van der Waals surface area contributed by atoms with Gasteiger partial charge in [0.25, 0.3) is 0 Å². The molecular weight excluding hydrogens is 188 g/mol. The van der Waals surface area contributed by atoms with Crippen molar-refractivity contribution < 1.29 is 9.84 Å². The predicted molar refractivity (Wildman–Crippen MR) is 62.4 cm³/mol. The van der Waals surface area contributed by atoms with Gasteiger partial charge in [-0.2, -0.15) is 0 Å². The maximum atomic E-state index is 10.1. The highest BCUT2D eigenvalue weighted by molar-refractivity contribution is 5.51. The van der Waals surface area contributed by atoms with Crippen LogP contribution in [-0.4, -0.2) is 12.2 Å². The molecule has 0 aromatic heterocycles. The largest absolute Gasteiger partial charge is 0.496 e. The molecule has 84 valence electrons. The minimum absolute atomic E-state index is 0.806. The molecule has 0 aliphatic rings. The molecule has 0 radical (unpaired) electrons. The zero-order valence-electron chi connectivity index (χ0n) is 10.4. The minimum Gasteiger partial charge on any atom is -0.496 e. The number of hydrogen-bond acceptors (Lipinski definition) is 2. The quantitative estimate of drug-likeness (QED) is 0.809. The smallest absolute Gasteiger partial charge is 0.128 e. The molecule has 0 aliphatic heterocycles. The summed E-state index contributed by atoms with van der Waals surface area (Å²) in [5.74, 6) is 0.806. The Bertz CT molecular complexity index is 373. The van der Waals surface area contributed by atoms with Crippen LogP contribution in [-0.2, 0) is 5.60 Å². The lowest BCUT2D eigenvalue weighted by atomic mass is 9.89. The van der Waals surface area contributed by atoms with E-state index in [9.17, 15) is 5.11 Å². The van der Waals surface area contributed by atoms with Crippen molar-refractivity contribution in [3.8, 4) is 5.75 Å². The van der Waals surface area contributed by atoms with Gasteiger partial charge in [-0.1, -0.05) is 6.07 Å². The van der Waals surface area contributed by atoms with Gasteiger partial charge in [0.15, 0.2) is 0 Å². The standard InChI is InChI=1S/C13H20O2/c1-8-7-9(2)11(13(4,5)14)12(15-6)10(8)3/h7,14H,1-6H3. The van der Waals surface area contributed by atoms with E-state index in [1.807, 2.05) is 13.8 Å². The topological polar surface area (TPSA) is 29.5 Å². The fourth-order valence-corrected chi connectivity index (χ4v) is 2.07. The van der Waals surface area contributed by atoms with E-state index in [1.165, 1.54) is 5.56 Å². The third kappa shape index (κ3) is 2.15. The van der Waals surface area contributed by atoms with Gasteiger partial charge < -0.3 is 9.84 Å². The Morgan fingerprint density at radius 3 is 2.07 bits per heavy atom. The van der Waals surface area contributed by atoms with E-state index in [-0.39, 0.29) is 0 Å². The van der Waals surface area contributed by atoms with E-state index in [2.05, 4.69) is 13.0 Å². The van der Waals surface area contributed by atoms with Crippen molar-refractivity contribution in [1.82, 2.24) is 0 Å². The van der Waals surface area contributed by atoms with Crippen molar-refractivity contribution in [2.45, 2.75) is 40.2 Å². The molecule has 1 rings (SSSR count). The van der Waals surface area contributed by atoms with Gasteiger partial charge in [-0.3, -0.25) is 0 Å². The molecule has 0 heterocycles. The molecule has 2 nitrogen and oxygen atoms in total. The molecular formula is C13H20O2. The summed E-state index contributed by atoms with van der Waals surface area (Å²) in [7, 11) is 1.65. The van der Waals surface area contributed by atoms with Gasteiger partial charge in [-0.05, 0) is 51.3 Å². The molecule has 0 saturated carbocycles. The van der Waals surface area contributed by atoms with Gasteiger partial charge in [-0.15, -0.1) is 0 Å². The highest BCUT2D eigenvalue weighted by atomic mass is 16.5. The van der Waals surface area contributed by atoms with Gasteiger partial charge in [0.1, 0.15) is 5.75 Å². The average molecular weight is 208 g/mol. The van der Waals surface area contributed by atoms with Crippen molar-refractivity contribution in [3.05, 3.63) is 28.3 Å². The Hall–Kier alpha value is -1.02. The first kappa shape index (κ1) is 12.1. The van der Waals surface area contributed by atoms with Gasteiger partial charge in [0.05, 0.1) is 12.7 Å². The summed E-state index contributed by atoms with van der Waals surface area (Å²) in [5, 5.41) is 10.1.